The van der Waals surface area contributed by atoms with Crippen molar-refractivity contribution in [3.8, 4) is 0 Å². The van der Waals surface area contributed by atoms with Gasteiger partial charge in [0.05, 0.1) is 0 Å². The van der Waals surface area contributed by atoms with Gasteiger partial charge in [0.2, 0.25) is 0 Å². The van der Waals surface area contributed by atoms with Crippen LogP contribution in [0.4, 0.5) is 5.69 Å². The lowest BCUT2D eigenvalue weighted by atomic mass is 10.1. The Morgan fingerprint density at radius 3 is 2.57 bits per heavy atom. The summed E-state index contributed by atoms with van der Waals surface area (Å²) < 4.78 is 0. The maximum atomic E-state index is 2.52. The summed E-state index contributed by atoms with van der Waals surface area (Å²) in [6.45, 7) is 2.52. The van der Waals surface area contributed by atoms with Gasteiger partial charge in [-0.1, -0.05) is 12.1 Å². The van der Waals surface area contributed by atoms with Crippen molar-refractivity contribution >= 4 is 5.69 Å². The lowest BCUT2D eigenvalue weighted by Gasteiger charge is -2.18. The molecule has 1 heterocycles. The Morgan fingerprint density at radius 1 is 1.07 bits per heavy atom. The minimum Gasteiger partial charge on any atom is -0.372 e. The monoisotopic (exact) mass is 187 g/mol. The molecule has 0 atom stereocenters. The zero-order valence-corrected chi connectivity index (χ0v) is 8.58. The minimum absolute atomic E-state index is 0.887. The van der Waals surface area contributed by atoms with Crippen LogP contribution >= 0.6 is 0 Å². The molecule has 1 saturated carbocycles. The van der Waals surface area contributed by atoms with Gasteiger partial charge in [-0.05, 0) is 49.3 Å². The number of rotatable bonds is 2. The van der Waals surface area contributed by atoms with E-state index in [9.17, 15) is 0 Å². The standard InChI is InChI=1S/C13H17N/c1-2-9-14(8-1)13-5-3-4-12(10-13)11-6-7-11/h3-5,10-11H,1-2,6-9H2. The van der Waals surface area contributed by atoms with Crippen LogP contribution in [0.25, 0.3) is 0 Å². The van der Waals surface area contributed by atoms with Crippen molar-refractivity contribution < 1.29 is 0 Å². The molecule has 3 rings (SSSR count). The minimum atomic E-state index is 0.887. The van der Waals surface area contributed by atoms with Crippen LogP contribution in [0.3, 0.4) is 0 Å². The molecule has 74 valence electrons. The first kappa shape index (κ1) is 8.34. The lowest BCUT2D eigenvalue weighted by Crippen LogP contribution is -2.17. The SMILES string of the molecule is c1cc(C2CC2)cc(N2CCCC2)c1. The van der Waals surface area contributed by atoms with Gasteiger partial charge < -0.3 is 4.90 Å². The molecule has 0 N–H and O–H groups in total. The van der Waals surface area contributed by atoms with Gasteiger partial charge in [0.1, 0.15) is 0 Å². The first-order chi connectivity index (χ1) is 6.93. The van der Waals surface area contributed by atoms with Gasteiger partial charge in [-0.15, -0.1) is 0 Å². The fourth-order valence-electron chi connectivity index (χ4n) is 2.37. The number of anilines is 1. The van der Waals surface area contributed by atoms with E-state index in [1.54, 1.807) is 5.56 Å². The summed E-state index contributed by atoms with van der Waals surface area (Å²) in [4.78, 5) is 2.52. The predicted molar refractivity (Wildman–Crippen MR) is 59.9 cm³/mol. The molecule has 14 heavy (non-hydrogen) atoms. The van der Waals surface area contributed by atoms with Crippen LogP contribution in [-0.2, 0) is 0 Å². The molecule has 1 aliphatic carbocycles. The molecule has 1 saturated heterocycles. The van der Waals surface area contributed by atoms with Crippen molar-refractivity contribution in [1.82, 2.24) is 0 Å². The van der Waals surface area contributed by atoms with Crippen LogP contribution in [0.1, 0.15) is 37.2 Å². The quantitative estimate of drug-likeness (QED) is 0.687. The van der Waals surface area contributed by atoms with E-state index in [0.29, 0.717) is 0 Å². The highest BCUT2D eigenvalue weighted by Gasteiger charge is 2.24. The molecule has 2 fully saturated rings. The lowest BCUT2D eigenvalue weighted by molar-refractivity contribution is 0.949. The smallest absolute Gasteiger partial charge is 0.0369 e. The summed E-state index contributed by atoms with van der Waals surface area (Å²) in [5.41, 5.74) is 3.02. The largest absolute Gasteiger partial charge is 0.372 e. The molecule has 1 aromatic rings. The molecule has 0 radical (unpaired) electrons. The van der Waals surface area contributed by atoms with E-state index in [0.717, 1.165) is 5.92 Å². The van der Waals surface area contributed by atoms with E-state index in [-0.39, 0.29) is 0 Å². The van der Waals surface area contributed by atoms with Crippen LogP contribution in [0.15, 0.2) is 24.3 Å². The molecule has 0 spiro atoms. The highest BCUT2D eigenvalue weighted by molar-refractivity contribution is 5.50. The van der Waals surface area contributed by atoms with Crippen molar-refractivity contribution in [3.05, 3.63) is 29.8 Å². The van der Waals surface area contributed by atoms with Gasteiger partial charge in [0, 0.05) is 18.8 Å². The first-order valence-corrected chi connectivity index (χ1v) is 5.78. The van der Waals surface area contributed by atoms with E-state index in [4.69, 9.17) is 0 Å². The Balaban J connectivity index is 1.85. The molecular formula is C13H17N. The number of benzene rings is 1. The molecule has 1 aromatic carbocycles. The van der Waals surface area contributed by atoms with Crippen molar-refractivity contribution in [2.45, 2.75) is 31.6 Å². The summed E-state index contributed by atoms with van der Waals surface area (Å²) in [5.74, 6) is 0.887. The zero-order valence-electron chi connectivity index (χ0n) is 8.58. The van der Waals surface area contributed by atoms with E-state index < -0.39 is 0 Å². The molecule has 2 aliphatic rings. The molecule has 1 nitrogen and oxygen atoms in total. The third-order valence-corrected chi connectivity index (χ3v) is 3.39. The summed E-state index contributed by atoms with van der Waals surface area (Å²) in [7, 11) is 0. The van der Waals surface area contributed by atoms with Gasteiger partial charge in [-0.3, -0.25) is 0 Å². The first-order valence-electron chi connectivity index (χ1n) is 5.78. The van der Waals surface area contributed by atoms with Crippen LogP contribution in [0.2, 0.25) is 0 Å². The molecule has 0 amide bonds. The number of nitrogens with zero attached hydrogens (tertiary/aromatic N) is 1. The maximum absolute atomic E-state index is 2.52. The Bertz CT molecular complexity index is 322. The second-order valence-corrected chi connectivity index (χ2v) is 4.56. The number of hydrogen-bond donors (Lipinski definition) is 0. The van der Waals surface area contributed by atoms with Crippen LogP contribution in [0.5, 0.6) is 0 Å². The third-order valence-electron chi connectivity index (χ3n) is 3.39. The van der Waals surface area contributed by atoms with Crippen molar-refractivity contribution in [2.24, 2.45) is 0 Å². The normalized spacial score (nSPS) is 21.6. The van der Waals surface area contributed by atoms with Gasteiger partial charge in [0.15, 0.2) is 0 Å². The topological polar surface area (TPSA) is 3.24 Å². The third kappa shape index (κ3) is 1.52. The van der Waals surface area contributed by atoms with Crippen molar-refractivity contribution in [2.75, 3.05) is 18.0 Å². The van der Waals surface area contributed by atoms with E-state index in [1.807, 2.05) is 0 Å². The van der Waals surface area contributed by atoms with Gasteiger partial charge in [0.25, 0.3) is 0 Å². The van der Waals surface area contributed by atoms with Crippen LogP contribution in [-0.4, -0.2) is 13.1 Å². The van der Waals surface area contributed by atoms with E-state index >= 15 is 0 Å². The summed E-state index contributed by atoms with van der Waals surface area (Å²) in [5, 5.41) is 0. The molecule has 0 bridgehead atoms. The van der Waals surface area contributed by atoms with E-state index in [2.05, 4.69) is 29.2 Å². The molecule has 0 aromatic heterocycles. The molecule has 1 aliphatic heterocycles. The second-order valence-electron chi connectivity index (χ2n) is 4.56. The predicted octanol–water partition coefficient (Wildman–Crippen LogP) is 3.16. The summed E-state index contributed by atoms with van der Waals surface area (Å²) >= 11 is 0. The highest BCUT2D eigenvalue weighted by atomic mass is 15.1. The van der Waals surface area contributed by atoms with Crippen LogP contribution < -0.4 is 4.90 Å². The molecular weight excluding hydrogens is 170 g/mol. The maximum Gasteiger partial charge on any atom is 0.0369 e. The number of hydrogen-bond acceptors (Lipinski definition) is 1. The fraction of sp³-hybridized carbons (Fsp3) is 0.538. The van der Waals surface area contributed by atoms with Gasteiger partial charge in [-0.25, -0.2) is 0 Å². The van der Waals surface area contributed by atoms with Gasteiger partial charge >= 0.3 is 0 Å². The Hall–Kier alpha value is -0.980. The average Bonchev–Trinajstić information content (AvgIpc) is 2.94. The van der Waals surface area contributed by atoms with Crippen LogP contribution in [0, 0.1) is 0 Å². The summed E-state index contributed by atoms with van der Waals surface area (Å²) in [6.07, 6.45) is 5.55. The second kappa shape index (κ2) is 3.30. The highest BCUT2D eigenvalue weighted by Crippen LogP contribution is 2.41. The summed E-state index contributed by atoms with van der Waals surface area (Å²) in [6, 6.07) is 9.18. The van der Waals surface area contributed by atoms with E-state index in [1.165, 1.54) is 44.5 Å². The Labute approximate surface area is 85.7 Å². The molecule has 1 heteroatoms. The zero-order chi connectivity index (χ0) is 9.38. The Kier molecular flexibility index (Phi) is 1.97. The Morgan fingerprint density at radius 2 is 1.86 bits per heavy atom. The average molecular weight is 187 g/mol. The fourth-order valence-corrected chi connectivity index (χ4v) is 2.37. The van der Waals surface area contributed by atoms with Crippen molar-refractivity contribution in [1.29, 1.82) is 0 Å². The van der Waals surface area contributed by atoms with Gasteiger partial charge in [-0.2, -0.15) is 0 Å². The van der Waals surface area contributed by atoms with Crippen molar-refractivity contribution in [3.63, 3.8) is 0 Å². The molecule has 0 unspecified atom stereocenters.